The van der Waals surface area contributed by atoms with E-state index in [-0.39, 0.29) is 6.10 Å². The van der Waals surface area contributed by atoms with Gasteiger partial charge in [-0.05, 0) is 24.6 Å². The molecule has 1 atom stereocenters. The van der Waals surface area contributed by atoms with E-state index in [1.165, 1.54) is 5.56 Å². The Morgan fingerprint density at radius 1 is 1.19 bits per heavy atom. The van der Waals surface area contributed by atoms with Crippen molar-refractivity contribution in [2.24, 2.45) is 0 Å². The van der Waals surface area contributed by atoms with E-state index in [0.29, 0.717) is 0 Å². The van der Waals surface area contributed by atoms with Crippen molar-refractivity contribution < 1.29 is 9.47 Å². The van der Waals surface area contributed by atoms with E-state index in [9.17, 15) is 0 Å². The molecule has 1 fully saturated rings. The van der Waals surface area contributed by atoms with Crippen molar-refractivity contribution in [2.45, 2.75) is 19.1 Å². The SMILES string of the molecule is COc1ccccc1CN1CC[C@@H](Oc2ccncc2)C1. The molecule has 4 heteroatoms. The molecule has 1 aliphatic rings. The fraction of sp³-hybridized carbons (Fsp3) is 0.353. The highest BCUT2D eigenvalue weighted by atomic mass is 16.5. The van der Waals surface area contributed by atoms with Gasteiger partial charge in [0.25, 0.3) is 0 Å². The number of benzene rings is 1. The first kappa shape index (κ1) is 13.9. The molecule has 21 heavy (non-hydrogen) atoms. The van der Waals surface area contributed by atoms with Crippen LogP contribution in [-0.4, -0.2) is 36.2 Å². The number of likely N-dealkylation sites (tertiary alicyclic amines) is 1. The third-order valence-corrected chi connectivity index (χ3v) is 3.77. The lowest BCUT2D eigenvalue weighted by Gasteiger charge is -2.18. The first-order valence-corrected chi connectivity index (χ1v) is 7.26. The summed E-state index contributed by atoms with van der Waals surface area (Å²) in [6.07, 6.45) is 4.83. The highest BCUT2D eigenvalue weighted by molar-refractivity contribution is 5.33. The summed E-state index contributed by atoms with van der Waals surface area (Å²) in [5.74, 6) is 1.85. The van der Waals surface area contributed by atoms with E-state index in [0.717, 1.165) is 37.6 Å². The lowest BCUT2D eigenvalue weighted by atomic mass is 10.2. The second-order valence-corrected chi connectivity index (χ2v) is 5.26. The van der Waals surface area contributed by atoms with Gasteiger partial charge in [-0.15, -0.1) is 0 Å². The summed E-state index contributed by atoms with van der Waals surface area (Å²) >= 11 is 0. The molecule has 0 amide bonds. The van der Waals surface area contributed by atoms with Crippen molar-refractivity contribution in [1.82, 2.24) is 9.88 Å². The van der Waals surface area contributed by atoms with Crippen molar-refractivity contribution in [3.05, 3.63) is 54.4 Å². The van der Waals surface area contributed by atoms with Gasteiger partial charge in [-0.1, -0.05) is 18.2 Å². The topological polar surface area (TPSA) is 34.6 Å². The highest BCUT2D eigenvalue weighted by Gasteiger charge is 2.24. The number of pyridine rings is 1. The maximum atomic E-state index is 5.99. The number of nitrogens with zero attached hydrogens (tertiary/aromatic N) is 2. The fourth-order valence-electron chi connectivity index (χ4n) is 2.72. The van der Waals surface area contributed by atoms with Crippen LogP contribution in [0.2, 0.25) is 0 Å². The molecule has 1 saturated heterocycles. The molecule has 3 rings (SSSR count). The van der Waals surface area contributed by atoms with E-state index < -0.39 is 0 Å². The second kappa shape index (κ2) is 6.59. The van der Waals surface area contributed by atoms with Gasteiger partial charge in [0.1, 0.15) is 17.6 Å². The monoisotopic (exact) mass is 284 g/mol. The van der Waals surface area contributed by atoms with Crippen LogP contribution in [0.25, 0.3) is 0 Å². The average Bonchev–Trinajstić information content (AvgIpc) is 2.96. The zero-order chi connectivity index (χ0) is 14.5. The zero-order valence-corrected chi connectivity index (χ0v) is 12.2. The summed E-state index contributed by atoms with van der Waals surface area (Å²) in [7, 11) is 1.72. The number of ether oxygens (including phenoxy) is 2. The van der Waals surface area contributed by atoms with Crippen LogP contribution in [-0.2, 0) is 6.54 Å². The Kier molecular flexibility index (Phi) is 4.36. The number of para-hydroxylation sites is 1. The van der Waals surface area contributed by atoms with Gasteiger partial charge in [0.05, 0.1) is 7.11 Å². The molecule has 1 aliphatic heterocycles. The lowest BCUT2D eigenvalue weighted by molar-refractivity contribution is 0.197. The molecular weight excluding hydrogens is 264 g/mol. The number of hydrogen-bond donors (Lipinski definition) is 0. The first-order chi connectivity index (χ1) is 10.3. The molecule has 4 nitrogen and oxygen atoms in total. The zero-order valence-electron chi connectivity index (χ0n) is 12.2. The van der Waals surface area contributed by atoms with Gasteiger partial charge in [0, 0.05) is 37.6 Å². The summed E-state index contributed by atoms with van der Waals surface area (Å²) in [6.45, 7) is 2.90. The molecule has 0 radical (unpaired) electrons. The van der Waals surface area contributed by atoms with Crippen molar-refractivity contribution in [3.8, 4) is 11.5 Å². The highest BCUT2D eigenvalue weighted by Crippen LogP contribution is 2.23. The van der Waals surface area contributed by atoms with E-state index >= 15 is 0 Å². The van der Waals surface area contributed by atoms with Gasteiger partial charge in [-0.2, -0.15) is 0 Å². The molecule has 0 N–H and O–H groups in total. The summed E-state index contributed by atoms with van der Waals surface area (Å²) in [6, 6.07) is 12.0. The molecule has 110 valence electrons. The van der Waals surface area contributed by atoms with Gasteiger partial charge in [-0.25, -0.2) is 0 Å². The Bertz CT molecular complexity index is 574. The van der Waals surface area contributed by atoms with E-state index in [4.69, 9.17) is 9.47 Å². The summed E-state index contributed by atoms with van der Waals surface area (Å²) in [5.41, 5.74) is 1.23. The molecule has 1 aromatic heterocycles. The number of methoxy groups -OCH3 is 1. The summed E-state index contributed by atoms with van der Waals surface area (Å²) < 4.78 is 11.4. The van der Waals surface area contributed by atoms with E-state index in [1.54, 1.807) is 19.5 Å². The second-order valence-electron chi connectivity index (χ2n) is 5.26. The van der Waals surface area contributed by atoms with Crippen LogP contribution in [0.15, 0.2) is 48.8 Å². The van der Waals surface area contributed by atoms with Crippen LogP contribution in [0.4, 0.5) is 0 Å². The minimum Gasteiger partial charge on any atom is -0.496 e. The van der Waals surface area contributed by atoms with Crippen LogP contribution in [0.3, 0.4) is 0 Å². The molecule has 1 aromatic carbocycles. The molecule has 0 bridgehead atoms. The molecule has 0 spiro atoms. The predicted octanol–water partition coefficient (Wildman–Crippen LogP) is 2.74. The molecule has 0 aliphatic carbocycles. The van der Waals surface area contributed by atoms with Crippen LogP contribution in [0, 0.1) is 0 Å². The maximum Gasteiger partial charge on any atom is 0.123 e. The fourth-order valence-corrected chi connectivity index (χ4v) is 2.72. The third-order valence-electron chi connectivity index (χ3n) is 3.77. The molecular formula is C17H20N2O2. The van der Waals surface area contributed by atoms with Gasteiger partial charge >= 0.3 is 0 Å². The number of aromatic nitrogens is 1. The Hall–Kier alpha value is -2.07. The molecule has 2 aromatic rings. The predicted molar refractivity (Wildman–Crippen MR) is 81.5 cm³/mol. The van der Waals surface area contributed by atoms with Gasteiger partial charge in [-0.3, -0.25) is 9.88 Å². The van der Waals surface area contributed by atoms with E-state index in [2.05, 4.69) is 22.0 Å². The number of rotatable bonds is 5. The van der Waals surface area contributed by atoms with Gasteiger partial charge in [0.2, 0.25) is 0 Å². The van der Waals surface area contributed by atoms with Crippen LogP contribution >= 0.6 is 0 Å². The Morgan fingerprint density at radius 2 is 2.00 bits per heavy atom. The minimum absolute atomic E-state index is 0.252. The first-order valence-electron chi connectivity index (χ1n) is 7.26. The average molecular weight is 284 g/mol. The van der Waals surface area contributed by atoms with Crippen molar-refractivity contribution in [1.29, 1.82) is 0 Å². The standard InChI is InChI=1S/C17H20N2O2/c1-20-17-5-3-2-4-14(17)12-19-11-8-16(13-19)21-15-6-9-18-10-7-15/h2-7,9-10,16H,8,11-13H2,1H3/t16-/m1/s1. The maximum absolute atomic E-state index is 5.99. The van der Waals surface area contributed by atoms with Crippen molar-refractivity contribution in [3.63, 3.8) is 0 Å². The smallest absolute Gasteiger partial charge is 0.123 e. The number of hydrogen-bond acceptors (Lipinski definition) is 4. The third kappa shape index (κ3) is 3.52. The lowest BCUT2D eigenvalue weighted by Crippen LogP contribution is -2.24. The Balaban J connectivity index is 1.57. The van der Waals surface area contributed by atoms with E-state index in [1.807, 2.05) is 24.3 Å². The quantitative estimate of drug-likeness (QED) is 0.845. The normalized spacial score (nSPS) is 18.6. The van der Waals surface area contributed by atoms with Gasteiger partial charge in [0.15, 0.2) is 0 Å². The largest absolute Gasteiger partial charge is 0.496 e. The van der Waals surface area contributed by atoms with Gasteiger partial charge < -0.3 is 9.47 Å². The van der Waals surface area contributed by atoms with Crippen molar-refractivity contribution >= 4 is 0 Å². The van der Waals surface area contributed by atoms with Crippen LogP contribution < -0.4 is 9.47 Å². The van der Waals surface area contributed by atoms with Crippen LogP contribution in [0.5, 0.6) is 11.5 Å². The Morgan fingerprint density at radius 3 is 2.81 bits per heavy atom. The Labute approximate surface area is 125 Å². The minimum atomic E-state index is 0.252. The van der Waals surface area contributed by atoms with Crippen molar-refractivity contribution in [2.75, 3.05) is 20.2 Å². The summed E-state index contributed by atoms with van der Waals surface area (Å²) in [4.78, 5) is 6.41. The summed E-state index contributed by atoms with van der Waals surface area (Å²) in [5, 5.41) is 0. The molecule has 0 saturated carbocycles. The molecule has 0 unspecified atom stereocenters. The molecule has 2 heterocycles. The van der Waals surface area contributed by atoms with Crippen LogP contribution in [0.1, 0.15) is 12.0 Å².